The van der Waals surface area contributed by atoms with Gasteiger partial charge in [-0.2, -0.15) is 0 Å². The van der Waals surface area contributed by atoms with Crippen LogP contribution in [0.1, 0.15) is 23.2 Å². The highest BCUT2D eigenvalue weighted by atomic mass is 19.1. The second kappa shape index (κ2) is 6.56. The summed E-state index contributed by atoms with van der Waals surface area (Å²) in [5, 5.41) is 7.92. The van der Waals surface area contributed by atoms with Gasteiger partial charge in [-0.1, -0.05) is 0 Å². The predicted octanol–water partition coefficient (Wildman–Crippen LogP) is -0.469. The normalized spacial score (nSPS) is 24.9. The van der Waals surface area contributed by atoms with E-state index in [2.05, 4.69) is 20.9 Å². The van der Waals surface area contributed by atoms with Crippen LogP contribution in [0.4, 0.5) is 10.1 Å². The minimum absolute atomic E-state index is 0.136. The van der Waals surface area contributed by atoms with Crippen LogP contribution in [-0.2, 0) is 9.59 Å². The molecule has 0 spiro atoms. The number of carbonyl (C=O) groups excluding carboxylic acids is 3. The number of imide groups is 1. The number of benzene rings is 1. The number of amides is 3. The number of carbonyl (C=O) groups is 3. The molecule has 2 saturated heterocycles. The third-order valence-electron chi connectivity index (χ3n) is 4.93. The highest BCUT2D eigenvalue weighted by Gasteiger charge is 2.33. The first kappa shape index (κ1) is 16.8. The van der Waals surface area contributed by atoms with Crippen molar-refractivity contribution < 1.29 is 23.5 Å². The van der Waals surface area contributed by atoms with Gasteiger partial charge in [0.1, 0.15) is 24.2 Å². The first-order chi connectivity index (χ1) is 12.5. The molecule has 2 atom stereocenters. The second-order valence-corrected chi connectivity index (χ2v) is 6.64. The molecule has 9 heteroatoms. The lowest BCUT2D eigenvalue weighted by atomic mass is 10.0. The Morgan fingerprint density at radius 1 is 1.35 bits per heavy atom. The molecule has 0 aliphatic carbocycles. The van der Waals surface area contributed by atoms with Crippen LogP contribution in [0.15, 0.2) is 12.1 Å². The molecule has 1 unspecified atom stereocenters. The topological polar surface area (TPSA) is 99.8 Å². The van der Waals surface area contributed by atoms with Crippen molar-refractivity contribution in [2.75, 3.05) is 31.1 Å². The van der Waals surface area contributed by atoms with Gasteiger partial charge in [0.15, 0.2) is 0 Å². The van der Waals surface area contributed by atoms with Crippen molar-refractivity contribution in [3.05, 3.63) is 23.5 Å². The molecule has 2 fully saturated rings. The summed E-state index contributed by atoms with van der Waals surface area (Å²) in [7, 11) is 0. The summed E-state index contributed by atoms with van der Waals surface area (Å²) in [5.41, 5.74) is 0.458. The van der Waals surface area contributed by atoms with Gasteiger partial charge in [-0.25, -0.2) is 4.39 Å². The fourth-order valence-electron chi connectivity index (χ4n) is 3.54. The number of anilines is 1. The lowest BCUT2D eigenvalue weighted by Crippen LogP contribution is -2.55. The zero-order chi connectivity index (χ0) is 18.3. The van der Waals surface area contributed by atoms with Gasteiger partial charge in [0.2, 0.25) is 11.8 Å². The van der Waals surface area contributed by atoms with Crippen molar-refractivity contribution in [3.63, 3.8) is 0 Å². The van der Waals surface area contributed by atoms with Crippen molar-refractivity contribution in [1.82, 2.24) is 16.0 Å². The standard InChI is InChI=1S/C17H19FN4O4/c18-11-6-13-14(26-8-9-7-19-3-4-22(9)13)5-10(11)16(24)20-12-1-2-15(23)21-17(12)25/h5-6,9,12,19H,1-4,7-8H2,(H,20,24)(H,21,23,25)/t9?,12-/m0/s1. The number of fused-ring (bicyclic) bond motifs is 3. The van der Waals surface area contributed by atoms with Gasteiger partial charge in [-0.05, 0) is 12.5 Å². The first-order valence-corrected chi connectivity index (χ1v) is 8.61. The summed E-state index contributed by atoms with van der Waals surface area (Å²) in [5.74, 6) is -1.87. The van der Waals surface area contributed by atoms with E-state index < -0.39 is 23.7 Å². The van der Waals surface area contributed by atoms with E-state index in [9.17, 15) is 18.8 Å². The lowest BCUT2D eigenvalue weighted by molar-refractivity contribution is -0.134. The van der Waals surface area contributed by atoms with E-state index in [1.54, 1.807) is 0 Å². The predicted molar refractivity (Wildman–Crippen MR) is 89.5 cm³/mol. The van der Waals surface area contributed by atoms with E-state index >= 15 is 0 Å². The number of rotatable bonds is 2. The van der Waals surface area contributed by atoms with E-state index in [0.29, 0.717) is 18.0 Å². The van der Waals surface area contributed by atoms with Gasteiger partial charge in [-0.3, -0.25) is 19.7 Å². The van der Waals surface area contributed by atoms with Gasteiger partial charge >= 0.3 is 0 Å². The lowest BCUT2D eigenvalue weighted by Gasteiger charge is -2.42. The highest BCUT2D eigenvalue weighted by Crippen LogP contribution is 2.36. The molecule has 0 aromatic heterocycles. The van der Waals surface area contributed by atoms with Crippen LogP contribution in [-0.4, -0.2) is 56.0 Å². The molecule has 4 rings (SSSR count). The maximum Gasteiger partial charge on any atom is 0.255 e. The Morgan fingerprint density at radius 3 is 3.00 bits per heavy atom. The smallest absolute Gasteiger partial charge is 0.255 e. The third kappa shape index (κ3) is 2.98. The van der Waals surface area contributed by atoms with E-state index in [-0.39, 0.29) is 30.4 Å². The first-order valence-electron chi connectivity index (χ1n) is 8.61. The molecule has 0 bridgehead atoms. The Bertz CT molecular complexity index is 784. The maximum atomic E-state index is 14.6. The minimum Gasteiger partial charge on any atom is -0.489 e. The van der Waals surface area contributed by atoms with Crippen LogP contribution in [0.5, 0.6) is 5.75 Å². The van der Waals surface area contributed by atoms with Crippen molar-refractivity contribution in [2.24, 2.45) is 0 Å². The molecule has 3 heterocycles. The van der Waals surface area contributed by atoms with Gasteiger partial charge in [0.25, 0.3) is 5.91 Å². The summed E-state index contributed by atoms with van der Waals surface area (Å²) in [6.07, 6.45) is 0.332. The summed E-state index contributed by atoms with van der Waals surface area (Å²) in [6.45, 7) is 2.76. The van der Waals surface area contributed by atoms with Crippen LogP contribution in [0.25, 0.3) is 0 Å². The molecule has 3 aliphatic rings. The Kier molecular flexibility index (Phi) is 4.23. The molecule has 26 heavy (non-hydrogen) atoms. The number of piperazine rings is 1. The van der Waals surface area contributed by atoms with E-state index in [1.165, 1.54) is 12.1 Å². The van der Waals surface area contributed by atoms with Gasteiger partial charge < -0.3 is 20.3 Å². The number of hydrogen-bond acceptors (Lipinski definition) is 6. The van der Waals surface area contributed by atoms with Gasteiger partial charge in [-0.15, -0.1) is 0 Å². The summed E-state index contributed by atoms with van der Waals surface area (Å²) in [6, 6.07) is 1.98. The molecule has 3 N–H and O–H groups in total. The molecule has 0 saturated carbocycles. The quantitative estimate of drug-likeness (QED) is 0.615. The molecule has 3 aliphatic heterocycles. The fourth-order valence-corrected chi connectivity index (χ4v) is 3.54. The molecular formula is C17H19FN4O4. The molecule has 3 amide bonds. The molecular weight excluding hydrogens is 343 g/mol. The molecule has 8 nitrogen and oxygen atoms in total. The summed E-state index contributed by atoms with van der Waals surface area (Å²) in [4.78, 5) is 37.5. The number of halogens is 1. The Hall–Kier alpha value is -2.68. The van der Waals surface area contributed by atoms with Crippen molar-refractivity contribution in [2.45, 2.75) is 24.9 Å². The number of ether oxygens (including phenoxy) is 1. The second-order valence-electron chi connectivity index (χ2n) is 6.64. The summed E-state index contributed by atoms with van der Waals surface area (Å²) < 4.78 is 20.3. The Labute approximate surface area is 149 Å². The van der Waals surface area contributed by atoms with E-state index in [4.69, 9.17) is 4.74 Å². The average Bonchev–Trinajstić information content (AvgIpc) is 2.63. The molecule has 1 aromatic carbocycles. The van der Waals surface area contributed by atoms with Crippen LogP contribution < -0.4 is 25.6 Å². The SMILES string of the molecule is O=C1CC[C@H](NC(=O)c2cc3c(cc2F)N2CCNCC2CO3)C(=O)N1. The Balaban J connectivity index is 1.55. The van der Waals surface area contributed by atoms with Crippen LogP contribution in [0.3, 0.4) is 0 Å². The largest absolute Gasteiger partial charge is 0.489 e. The average molecular weight is 362 g/mol. The number of nitrogens with zero attached hydrogens (tertiary/aromatic N) is 1. The zero-order valence-electron chi connectivity index (χ0n) is 14.0. The molecule has 0 radical (unpaired) electrons. The van der Waals surface area contributed by atoms with Crippen LogP contribution >= 0.6 is 0 Å². The monoisotopic (exact) mass is 362 g/mol. The zero-order valence-corrected chi connectivity index (χ0v) is 14.0. The van der Waals surface area contributed by atoms with Crippen molar-refractivity contribution >= 4 is 23.4 Å². The summed E-state index contributed by atoms with van der Waals surface area (Å²) >= 11 is 0. The van der Waals surface area contributed by atoms with E-state index in [0.717, 1.165) is 19.6 Å². The van der Waals surface area contributed by atoms with Gasteiger partial charge in [0.05, 0.1) is 17.3 Å². The number of piperidine rings is 1. The van der Waals surface area contributed by atoms with Crippen LogP contribution in [0, 0.1) is 5.82 Å². The maximum absolute atomic E-state index is 14.6. The number of nitrogens with one attached hydrogen (secondary N) is 3. The number of hydrogen-bond donors (Lipinski definition) is 3. The van der Waals surface area contributed by atoms with E-state index in [1.807, 2.05) is 0 Å². The fraction of sp³-hybridized carbons (Fsp3) is 0.471. The van der Waals surface area contributed by atoms with Gasteiger partial charge in [0, 0.05) is 32.1 Å². The highest BCUT2D eigenvalue weighted by molar-refractivity contribution is 6.04. The minimum atomic E-state index is -0.853. The molecule has 1 aromatic rings. The third-order valence-corrected chi connectivity index (χ3v) is 4.93. The molecule has 138 valence electrons. The van der Waals surface area contributed by atoms with Crippen molar-refractivity contribution in [1.29, 1.82) is 0 Å². The van der Waals surface area contributed by atoms with Crippen LogP contribution in [0.2, 0.25) is 0 Å². The Morgan fingerprint density at radius 2 is 2.19 bits per heavy atom. The van der Waals surface area contributed by atoms with Crippen molar-refractivity contribution in [3.8, 4) is 5.75 Å².